The summed E-state index contributed by atoms with van der Waals surface area (Å²) in [6.45, 7) is 21.7. The number of amidine groups is 1. The van der Waals surface area contributed by atoms with Crippen LogP contribution in [0.5, 0.6) is 0 Å². The molecule has 2 aromatic rings. The molecule has 2 fully saturated rings. The number of hydrogen-bond acceptors (Lipinski definition) is 11. The first-order valence-corrected chi connectivity index (χ1v) is 23.2. The SMILES string of the molecule is CC(C)[C@@H]1NC(=O)[C@@H]2[C@H](C)CCN2C(=O)CN=C(N[C@H](C(=O)N[C@H](C(=O)N[C@@H](CC(=O)N2CCN(C)CC2)c2nccs2)C(C)c2ccccc2)C(C)(C)C)[C@H](C(C)(C)C)NC1=O. The zero-order valence-corrected chi connectivity index (χ0v) is 39.8. The second-order valence-corrected chi connectivity index (χ2v) is 20.9. The van der Waals surface area contributed by atoms with Crippen molar-refractivity contribution < 1.29 is 28.8 Å². The molecule has 346 valence electrons. The number of benzene rings is 1. The molecule has 3 aliphatic heterocycles. The summed E-state index contributed by atoms with van der Waals surface area (Å²) in [4.78, 5) is 100. The van der Waals surface area contributed by atoms with Crippen LogP contribution in [0.25, 0.3) is 0 Å². The smallest absolute Gasteiger partial charge is 0.244 e. The summed E-state index contributed by atoms with van der Waals surface area (Å²) < 4.78 is 0. The molecule has 1 aromatic heterocycles. The van der Waals surface area contributed by atoms with Gasteiger partial charge in [-0.05, 0) is 41.7 Å². The monoisotopic (exact) mass is 891 g/mol. The van der Waals surface area contributed by atoms with Crippen molar-refractivity contribution in [2.75, 3.05) is 46.3 Å². The van der Waals surface area contributed by atoms with Crippen molar-refractivity contribution in [3.8, 4) is 0 Å². The quantitative estimate of drug-likeness (QED) is 0.225. The number of aliphatic imine (C=N–C) groups is 1. The Morgan fingerprint density at radius 3 is 2.14 bits per heavy atom. The second-order valence-electron chi connectivity index (χ2n) is 20.0. The maximum absolute atomic E-state index is 15.0. The largest absolute Gasteiger partial charge is 0.360 e. The lowest BCUT2D eigenvalue weighted by atomic mass is 9.82. The Bertz CT molecular complexity index is 1950. The van der Waals surface area contributed by atoms with Crippen LogP contribution in [0.1, 0.15) is 105 Å². The van der Waals surface area contributed by atoms with E-state index in [4.69, 9.17) is 4.99 Å². The Labute approximate surface area is 377 Å². The summed E-state index contributed by atoms with van der Waals surface area (Å²) in [6.07, 6.45) is 2.27. The molecule has 0 aliphatic carbocycles. The van der Waals surface area contributed by atoms with Crippen molar-refractivity contribution >= 4 is 52.6 Å². The van der Waals surface area contributed by atoms with Gasteiger partial charge >= 0.3 is 0 Å². The molecule has 1 unspecified atom stereocenters. The molecule has 0 saturated carbocycles. The van der Waals surface area contributed by atoms with Crippen LogP contribution in [-0.4, -0.2) is 137 Å². The highest BCUT2D eigenvalue weighted by Crippen LogP contribution is 2.29. The number of thiazole rings is 1. The van der Waals surface area contributed by atoms with Crippen molar-refractivity contribution in [1.82, 2.24) is 46.3 Å². The van der Waals surface area contributed by atoms with Crippen LogP contribution < -0.4 is 26.6 Å². The molecule has 63 heavy (non-hydrogen) atoms. The summed E-state index contributed by atoms with van der Waals surface area (Å²) in [5.74, 6) is -2.91. The molecule has 16 nitrogen and oxygen atoms in total. The minimum atomic E-state index is -1.10. The molecule has 4 heterocycles. The minimum Gasteiger partial charge on any atom is -0.360 e. The Hall–Kier alpha value is -4.90. The van der Waals surface area contributed by atoms with Crippen molar-refractivity contribution in [2.45, 2.75) is 124 Å². The van der Waals surface area contributed by atoms with E-state index in [1.807, 2.05) is 112 Å². The maximum Gasteiger partial charge on any atom is 0.244 e. The van der Waals surface area contributed by atoms with Crippen LogP contribution in [0.3, 0.4) is 0 Å². The van der Waals surface area contributed by atoms with E-state index in [1.165, 1.54) is 11.3 Å². The molecule has 0 spiro atoms. The van der Waals surface area contributed by atoms with Crippen molar-refractivity contribution in [2.24, 2.45) is 27.7 Å². The lowest BCUT2D eigenvalue weighted by molar-refractivity contribution is -0.140. The van der Waals surface area contributed by atoms with Gasteiger partial charge in [0.1, 0.15) is 41.6 Å². The molecule has 6 amide bonds. The molecular weight excluding hydrogens is 821 g/mol. The van der Waals surface area contributed by atoms with E-state index in [9.17, 15) is 28.8 Å². The molecule has 17 heteroatoms. The van der Waals surface area contributed by atoms with Crippen LogP contribution in [0, 0.1) is 22.7 Å². The number of carbonyl (C=O) groups is 6. The number of likely N-dealkylation sites (N-methyl/N-ethyl adjacent to an activating group) is 1. The Balaban J connectivity index is 1.50. The first-order chi connectivity index (χ1) is 29.6. The maximum atomic E-state index is 15.0. The fourth-order valence-electron chi connectivity index (χ4n) is 8.45. The van der Waals surface area contributed by atoms with E-state index in [2.05, 4.69) is 36.5 Å². The fourth-order valence-corrected chi connectivity index (χ4v) is 9.13. The van der Waals surface area contributed by atoms with Gasteiger partial charge in [0.25, 0.3) is 0 Å². The number of aromatic nitrogens is 1. The molecule has 8 atom stereocenters. The third kappa shape index (κ3) is 12.4. The van der Waals surface area contributed by atoms with Gasteiger partial charge in [-0.25, -0.2) is 4.98 Å². The third-order valence-electron chi connectivity index (χ3n) is 12.5. The lowest BCUT2D eigenvalue weighted by Gasteiger charge is -2.39. The summed E-state index contributed by atoms with van der Waals surface area (Å²) in [5.41, 5.74) is -0.677. The Morgan fingerprint density at radius 2 is 1.56 bits per heavy atom. The standard InChI is InChI=1S/C46H70N10O6S/c1-27(2)34-40(59)53-37(45(5,6)7)39(48-26-33(58)56-19-17-28(3)36(56)42(61)50-34)52-38(46(8,9)10)43(62)51-35(29(4)30-15-13-12-14-16-30)41(60)49-31(44-47-18-24-63-44)25-32(57)55-22-20-54(11)21-23-55/h12-16,18,24,27-29,31,34-38H,17,19-23,25-26H2,1-11H3,(H,48,52)(H,49,60)(H,50,61)(H,51,62)(H,53,59)/t28-,29?,31+,34+,35+,36+,37-,38-/m1/s1. The number of nitrogens with zero attached hydrogens (tertiary/aromatic N) is 5. The van der Waals surface area contributed by atoms with Crippen LogP contribution in [0.2, 0.25) is 0 Å². The van der Waals surface area contributed by atoms with E-state index in [0.717, 1.165) is 18.7 Å². The molecule has 2 saturated heterocycles. The van der Waals surface area contributed by atoms with Gasteiger partial charge in [-0.1, -0.05) is 99.6 Å². The van der Waals surface area contributed by atoms with E-state index in [-0.39, 0.29) is 48.4 Å². The number of nitrogens with one attached hydrogen (secondary N) is 5. The normalized spacial score (nSPS) is 23.8. The molecular formula is C46H70N10O6S. The Morgan fingerprint density at radius 1 is 0.889 bits per heavy atom. The number of rotatable bonds is 11. The van der Waals surface area contributed by atoms with Gasteiger partial charge < -0.3 is 41.3 Å². The van der Waals surface area contributed by atoms with E-state index < -0.39 is 70.7 Å². The van der Waals surface area contributed by atoms with Crippen molar-refractivity contribution in [3.05, 3.63) is 52.5 Å². The van der Waals surface area contributed by atoms with Gasteiger partial charge in [-0.3, -0.25) is 33.8 Å². The highest BCUT2D eigenvalue weighted by atomic mass is 32.1. The average Bonchev–Trinajstić information content (AvgIpc) is 3.90. The summed E-state index contributed by atoms with van der Waals surface area (Å²) in [6, 6.07) is 4.07. The minimum absolute atomic E-state index is 0.00636. The summed E-state index contributed by atoms with van der Waals surface area (Å²) >= 11 is 1.34. The van der Waals surface area contributed by atoms with E-state index in [0.29, 0.717) is 31.1 Å². The predicted molar refractivity (Wildman–Crippen MR) is 245 cm³/mol. The highest BCUT2D eigenvalue weighted by Gasteiger charge is 2.44. The van der Waals surface area contributed by atoms with Gasteiger partial charge in [-0.2, -0.15) is 0 Å². The molecule has 1 aromatic carbocycles. The molecule has 3 aliphatic rings. The third-order valence-corrected chi connectivity index (χ3v) is 13.4. The molecule has 0 radical (unpaired) electrons. The van der Waals surface area contributed by atoms with E-state index >= 15 is 0 Å². The lowest BCUT2D eigenvalue weighted by Crippen LogP contribution is -2.65. The Kier molecular flexibility index (Phi) is 16.2. The molecule has 5 N–H and O–H groups in total. The predicted octanol–water partition coefficient (Wildman–Crippen LogP) is 3.08. The molecule has 0 bridgehead atoms. The number of fused-ring (bicyclic) bond motifs is 1. The first kappa shape index (κ1) is 49.1. The van der Waals surface area contributed by atoms with Crippen LogP contribution in [0.15, 0.2) is 46.9 Å². The second kappa shape index (κ2) is 20.7. The number of piperazine rings is 1. The van der Waals surface area contributed by atoms with Crippen molar-refractivity contribution in [3.63, 3.8) is 0 Å². The van der Waals surface area contributed by atoms with Crippen LogP contribution in [0.4, 0.5) is 0 Å². The summed E-state index contributed by atoms with van der Waals surface area (Å²) in [5, 5.41) is 18.0. The van der Waals surface area contributed by atoms with Gasteiger partial charge in [0.2, 0.25) is 35.4 Å². The van der Waals surface area contributed by atoms with Crippen molar-refractivity contribution in [1.29, 1.82) is 0 Å². The first-order valence-electron chi connectivity index (χ1n) is 22.3. The van der Waals surface area contributed by atoms with Gasteiger partial charge in [0.15, 0.2) is 0 Å². The highest BCUT2D eigenvalue weighted by molar-refractivity contribution is 7.09. The van der Waals surface area contributed by atoms with E-state index in [1.54, 1.807) is 16.5 Å². The average molecular weight is 891 g/mol. The number of carbonyl (C=O) groups excluding carboxylic acids is 6. The number of hydrogen-bond donors (Lipinski definition) is 5. The van der Waals surface area contributed by atoms with Gasteiger partial charge in [0, 0.05) is 50.2 Å². The van der Waals surface area contributed by atoms with Gasteiger partial charge in [-0.15, -0.1) is 11.3 Å². The van der Waals surface area contributed by atoms with Crippen LogP contribution in [-0.2, 0) is 28.8 Å². The topological polar surface area (TPSA) is 198 Å². The zero-order valence-electron chi connectivity index (χ0n) is 39.0. The van der Waals surface area contributed by atoms with Gasteiger partial charge in [0.05, 0.1) is 18.5 Å². The van der Waals surface area contributed by atoms with Crippen LogP contribution >= 0.6 is 11.3 Å². The summed E-state index contributed by atoms with van der Waals surface area (Å²) in [7, 11) is 2.02. The zero-order chi connectivity index (χ0) is 46.4. The molecule has 5 rings (SSSR count). The number of amides is 6. The fraction of sp³-hybridized carbons (Fsp3) is 0.652.